The number of carbonyl (C=O) groups is 3. The highest BCUT2D eigenvalue weighted by Gasteiger charge is 2.37. The zero-order valence-electron chi connectivity index (χ0n) is 22.3. The summed E-state index contributed by atoms with van der Waals surface area (Å²) in [6.45, 7) is 18.5. The Morgan fingerprint density at radius 1 is 1.09 bits per heavy atom. The number of nitrogens with one attached hydrogen (secondary N) is 2. The fourth-order valence-corrected chi connectivity index (χ4v) is 3.48. The van der Waals surface area contributed by atoms with Gasteiger partial charge in [0.2, 0.25) is 5.91 Å². The fraction of sp³-hybridized carbons (Fsp3) is 0.593. The number of carbonyl (C=O) groups excluding carboxylic acids is 3. The van der Waals surface area contributed by atoms with Crippen molar-refractivity contribution < 1.29 is 19.1 Å². The number of aryl methyl sites for hydroxylation is 1. The van der Waals surface area contributed by atoms with Crippen molar-refractivity contribution in [2.45, 2.75) is 98.9 Å². The number of alkyl carbamates (subject to hydrolysis) is 1. The van der Waals surface area contributed by atoms with Crippen LogP contribution in [-0.2, 0) is 14.3 Å². The van der Waals surface area contributed by atoms with E-state index in [4.69, 9.17) is 11.2 Å². The van der Waals surface area contributed by atoms with E-state index in [0.717, 1.165) is 16.0 Å². The van der Waals surface area contributed by atoms with Gasteiger partial charge in [0.05, 0.1) is 0 Å². The molecular formula is C27H41N3O4. The molecule has 0 aliphatic heterocycles. The summed E-state index contributed by atoms with van der Waals surface area (Å²) in [7, 11) is 0. The molecule has 0 bridgehead atoms. The Balaban J connectivity index is 3.49. The first-order chi connectivity index (χ1) is 15.5. The first-order valence-corrected chi connectivity index (χ1v) is 11.6. The van der Waals surface area contributed by atoms with Crippen LogP contribution in [0.2, 0.25) is 0 Å². The minimum Gasteiger partial charge on any atom is -0.444 e. The van der Waals surface area contributed by atoms with Crippen LogP contribution in [0.1, 0.15) is 84.5 Å². The Kier molecular flexibility index (Phi) is 9.74. The quantitative estimate of drug-likeness (QED) is 0.449. The molecule has 34 heavy (non-hydrogen) atoms. The molecule has 0 spiro atoms. The predicted octanol–water partition coefficient (Wildman–Crippen LogP) is 4.62. The Bertz CT molecular complexity index is 933. The summed E-state index contributed by atoms with van der Waals surface area (Å²) in [5, 5.41) is 5.60. The second-order valence-corrected chi connectivity index (χ2v) is 11.1. The van der Waals surface area contributed by atoms with E-state index in [0.29, 0.717) is 12.0 Å². The molecule has 0 saturated carbocycles. The van der Waals surface area contributed by atoms with Crippen molar-refractivity contribution in [1.29, 1.82) is 0 Å². The molecule has 2 N–H and O–H groups in total. The minimum atomic E-state index is -1.06. The Labute approximate surface area is 205 Å². The van der Waals surface area contributed by atoms with E-state index >= 15 is 0 Å². The SMILES string of the molecule is C#CN(C(=O)C(CC(C)C)NC(=O)OC(C)(C)C)C(C(=O)NC(C)(C)C)c1cccc(C)c1C. The lowest BCUT2D eigenvalue weighted by Gasteiger charge is -2.33. The van der Waals surface area contributed by atoms with E-state index in [1.165, 1.54) is 0 Å². The third-order valence-corrected chi connectivity index (χ3v) is 5.02. The normalized spacial score (nSPS) is 13.5. The maximum Gasteiger partial charge on any atom is 0.408 e. The lowest BCUT2D eigenvalue weighted by molar-refractivity contribution is -0.139. The molecule has 0 aliphatic carbocycles. The van der Waals surface area contributed by atoms with Gasteiger partial charge in [0, 0.05) is 11.6 Å². The van der Waals surface area contributed by atoms with Crippen LogP contribution in [-0.4, -0.2) is 40.0 Å². The number of nitrogens with zero attached hydrogens (tertiary/aromatic N) is 1. The van der Waals surface area contributed by atoms with Crippen LogP contribution in [0.15, 0.2) is 18.2 Å². The summed E-state index contributed by atoms with van der Waals surface area (Å²) in [6, 6.07) is 5.96. The zero-order chi connectivity index (χ0) is 26.4. The van der Waals surface area contributed by atoms with Crippen LogP contribution < -0.4 is 10.6 Å². The molecule has 188 valence electrons. The van der Waals surface area contributed by atoms with Gasteiger partial charge in [-0.25, -0.2) is 4.79 Å². The zero-order valence-corrected chi connectivity index (χ0v) is 22.3. The van der Waals surface area contributed by atoms with Gasteiger partial charge in [0.1, 0.15) is 17.7 Å². The maximum atomic E-state index is 13.7. The van der Waals surface area contributed by atoms with Crippen LogP contribution in [0.5, 0.6) is 0 Å². The Morgan fingerprint density at radius 2 is 1.68 bits per heavy atom. The van der Waals surface area contributed by atoms with Crippen molar-refractivity contribution >= 4 is 17.9 Å². The number of hydrogen-bond acceptors (Lipinski definition) is 4. The smallest absolute Gasteiger partial charge is 0.408 e. The van der Waals surface area contributed by atoms with E-state index in [9.17, 15) is 14.4 Å². The molecule has 2 atom stereocenters. The van der Waals surface area contributed by atoms with Crippen LogP contribution >= 0.6 is 0 Å². The van der Waals surface area contributed by atoms with Crippen molar-refractivity contribution in [3.8, 4) is 12.5 Å². The van der Waals surface area contributed by atoms with E-state index in [2.05, 4.69) is 16.7 Å². The topological polar surface area (TPSA) is 87.7 Å². The number of hydrogen-bond donors (Lipinski definition) is 2. The fourth-order valence-electron chi connectivity index (χ4n) is 3.48. The third kappa shape index (κ3) is 8.74. The predicted molar refractivity (Wildman–Crippen MR) is 135 cm³/mol. The van der Waals surface area contributed by atoms with E-state index in [1.807, 2.05) is 60.6 Å². The molecule has 7 nitrogen and oxygen atoms in total. The average molecular weight is 472 g/mol. The molecular weight excluding hydrogens is 430 g/mol. The van der Waals surface area contributed by atoms with Crippen LogP contribution in [0.3, 0.4) is 0 Å². The van der Waals surface area contributed by atoms with Crippen molar-refractivity contribution in [3.05, 3.63) is 34.9 Å². The molecule has 0 fully saturated rings. The molecule has 1 rings (SSSR count). The first kappa shape index (κ1) is 29.0. The monoisotopic (exact) mass is 471 g/mol. The number of ether oxygens (including phenoxy) is 1. The highest BCUT2D eigenvalue weighted by atomic mass is 16.6. The van der Waals surface area contributed by atoms with Crippen molar-refractivity contribution in [1.82, 2.24) is 15.5 Å². The average Bonchev–Trinajstić information content (AvgIpc) is 2.64. The Hall–Kier alpha value is -3.01. The van der Waals surface area contributed by atoms with Crippen LogP contribution in [0.4, 0.5) is 4.79 Å². The number of rotatable bonds is 7. The van der Waals surface area contributed by atoms with E-state index < -0.39 is 41.1 Å². The van der Waals surface area contributed by atoms with E-state index in [-0.39, 0.29) is 5.92 Å². The van der Waals surface area contributed by atoms with Crippen molar-refractivity contribution in [2.75, 3.05) is 0 Å². The molecule has 0 heterocycles. The van der Waals surface area contributed by atoms with Gasteiger partial charge in [-0.2, -0.15) is 0 Å². The molecule has 0 aliphatic rings. The highest BCUT2D eigenvalue weighted by molar-refractivity contribution is 5.93. The van der Waals surface area contributed by atoms with Gasteiger partial charge in [0.25, 0.3) is 5.91 Å². The largest absolute Gasteiger partial charge is 0.444 e. The number of terminal acetylenes is 1. The summed E-state index contributed by atoms with van der Waals surface area (Å²) >= 11 is 0. The lowest BCUT2D eigenvalue weighted by Crippen LogP contribution is -2.53. The maximum absolute atomic E-state index is 13.7. The molecule has 0 aromatic heterocycles. The van der Waals surface area contributed by atoms with Gasteiger partial charge in [0.15, 0.2) is 0 Å². The highest BCUT2D eigenvalue weighted by Crippen LogP contribution is 2.28. The van der Waals surface area contributed by atoms with Gasteiger partial charge in [-0.1, -0.05) is 38.5 Å². The summed E-state index contributed by atoms with van der Waals surface area (Å²) < 4.78 is 5.35. The van der Waals surface area contributed by atoms with Crippen molar-refractivity contribution in [2.24, 2.45) is 5.92 Å². The molecule has 0 radical (unpaired) electrons. The summed E-state index contributed by atoms with van der Waals surface area (Å²) in [4.78, 5) is 40.8. The molecule has 2 unspecified atom stereocenters. The summed E-state index contributed by atoms with van der Waals surface area (Å²) in [6.07, 6.45) is 5.45. The van der Waals surface area contributed by atoms with E-state index in [1.54, 1.807) is 26.8 Å². The number of benzene rings is 1. The second kappa shape index (κ2) is 11.4. The Morgan fingerprint density at radius 3 is 2.15 bits per heavy atom. The van der Waals surface area contributed by atoms with Gasteiger partial charge < -0.3 is 15.4 Å². The second-order valence-electron chi connectivity index (χ2n) is 11.1. The summed E-state index contributed by atoms with van der Waals surface area (Å²) in [5.41, 5.74) is 1.21. The van der Waals surface area contributed by atoms with Gasteiger partial charge in [-0.05, 0) is 84.4 Å². The summed E-state index contributed by atoms with van der Waals surface area (Å²) in [5.74, 6) is -0.865. The van der Waals surface area contributed by atoms with Gasteiger partial charge >= 0.3 is 6.09 Å². The van der Waals surface area contributed by atoms with Crippen LogP contribution in [0, 0.1) is 32.2 Å². The lowest BCUT2D eigenvalue weighted by atomic mass is 9.94. The van der Waals surface area contributed by atoms with Gasteiger partial charge in [-0.15, -0.1) is 0 Å². The molecule has 0 saturated heterocycles. The minimum absolute atomic E-state index is 0.0751. The van der Waals surface area contributed by atoms with Crippen LogP contribution in [0.25, 0.3) is 0 Å². The van der Waals surface area contributed by atoms with Crippen molar-refractivity contribution in [3.63, 3.8) is 0 Å². The first-order valence-electron chi connectivity index (χ1n) is 11.6. The number of amides is 3. The molecule has 7 heteroatoms. The van der Waals surface area contributed by atoms with Gasteiger partial charge in [-0.3, -0.25) is 14.5 Å². The molecule has 1 aromatic carbocycles. The standard InChI is InChI=1S/C27H41N3O4/c1-12-30(24(32)21(16-17(2)3)28-25(33)34-27(9,10)11)22(23(31)29-26(6,7)8)20-15-13-14-18(4)19(20)5/h1,13-15,17,21-22H,16H2,2-11H3,(H,28,33)(H,29,31). The third-order valence-electron chi connectivity index (χ3n) is 5.02. The molecule has 3 amide bonds. The molecule has 1 aromatic rings.